The molecular formula is C21H16BrNO. The Bertz CT molecular complexity index is 1110. The third kappa shape index (κ3) is 2.01. The molecule has 0 bridgehead atoms. The summed E-state index contributed by atoms with van der Waals surface area (Å²) in [6.45, 7) is 0. The van der Waals surface area contributed by atoms with E-state index in [1.54, 1.807) is 0 Å². The van der Waals surface area contributed by atoms with E-state index in [0.717, 1.165) is 40.2 Å². The number of rotatable bonds is 0. The third-order valence-electron chi connectivity index (χ3n) is 5.15. The molecule has 3 aromatic carbocycles. The highest BCUT2D eigenvalue weighted by Crippen LogP contribution is 2.38. The molecule has 0 fully saturated rings. The van der Waals surface area contributed by atoms with E-state index in [4.69, 9.17) is 4.98 Å². The number of benzene rings is 3. The van der Waals surface area contributed by atoms with Crippen LogP contribution in [0.25, 0.3) is 32.6 Å². The molecule has 0 saturated heterocycles. The van der Waals surface area contributed by atoms with E-state index < -0.39 is 6.10 Å². The van der Waals surface area contributed by atoms with Crippen LogP contribution in [0.1, 0.15) is 23.7 Å². The monoisotopic (exact) mass is 377 g/mol. The van der Waals surface area contributed by atoms with Crippen molar-refractivity contribution in [3.8, 4) is 0 Å². The SMILES string of the molecule is O[C@H]1c2ccc3cc4ccc5ccccc5c4nc3c2CC[C@@H]1Br. The minimum absolute atomic E-state index is 0.128. The maximum absolute atomic E-state index is 10.5. The van der Waals surface area contributed by atoms with Gasteiger partial charge in [-0.1, -0.05) is 64.5 Å². The number of pyridine rings is 1. The van der Waals surface area contributed by atoms with Crippen LogP contribution in [0.15, 0.2) is 54.6 Å². The van der Waals surface area contributed by atoms with Gasteiger partial charge in [0.1, 0.15) is 0 Å². The number of aryl methyl sites for hydroxylation is 1. The van der Waals surface area contributed by atoms with Gasteiger partial charge in [0.05, 0.1) is 17.1 Å². The van der Waals surface area contributed by atoms with Crippen molar-refractivity contribution in [2.24, 2.45) is 0 Å². The van der Waals surface area contributed by atoms with Crippen molar-refractivity contribution >= 4 is 48.5 Å². The third-order valence-corrected chi connectivity index (χ3v) is 6.11. The maximum atomic E-state index is 10.5. The lowest BCUT2D eigenvalue weighted by atomic mass is 9.87. The smallest absolute Gasteiger partial charge is 0.0918 e. The van der Waals surface area contributed by atoms with E-state index in [1.807, 2.05) is 0 Å². The number of aromatic nitrogens is 1. The Balaban J connectivity index is 1.89. The van der Waals surface area contributed by atoms with Crippen LogP contribution in [0, 0.1) is 0 Å². The first-order chi connectivity index (χ1) is 11.7. The highest BCUT2D eigenvalue weighted by atomic mass is 79.9. The Kier molecular flexibility index (Phi) is 3.15. The number of alkyl halides is 1. The first kappa shape index (κ1) is 14.4. The minimum atomic E-state index is -0.455. The van der Waals surface area contributed by atoms with Crippen molar-refractivity contribution < 1.29 is 5.11 Å². The van der Waals surface area contributed by atoms with E-state index in [-0.39, 0.29) is 4.83 Å². The molecule has 3 heteroatoms. The quantitative estimate of drug-likeness (QED) is 0.256. The van der Waals surface area contributed by atoms with Crippen molar-refractivity contribution in [3.05, 3.63) is 65.7 Å². The number of aliphatic hydroxyl groups is 1. The summed E-state index contributed by atoms with van der Waals surface area (Å²) >= 11 is 3.59. The van der Waals surface area contributed by atoms with Gasteiger partial charge in [-0.3, -0.25) is 0 Å². The number of nitrogens with zero attached hydrogens (tertiary/aromatic N) is 1. The molecule has 0 saturated carbocycles. The van der Waals surface area contributed by atoms with Crippen molar-refractivity contribution in [3.63, 3.8) is 0 Å². The van der Waals surface area contributed by atoms with Gasteiger partial charge in [-0.2, -0.15) is 0 Å². The predicted molar refractivity (Wildman–Crippen MR) is 103 cm³/mol. The van der Waals surface area contributed by atoms with Crippen LogP contribution in [0.3, 0.4) is 0 Å². The predicted octanol–water partition coefficient (Wildman–Crippen LogP) is 5.28. The standard InChI is InChI=1S/C21H16BrNO/c22-18-10-9-16-17(21(18)24)8-7-14-11-13-6-5-12-3-1-2-4-15(12)19(13)23-20(14)16/h1-8,11,18,21,24H,9-10H2/t18-,21-/m0/s1. The molecule has 4 aromatic rings. The zero-order chi connectivity index (χ0) is 16.3. The average Bonchev–Trinajstić information content (AvgIpc) is 2.63. The van der Waals surface area contributed by atoms with Crippen LogP contribution in [0.2, 0.25) is 0 Å². The maximum Gasteiger partial charge on any atom is 0.0918 e. The fourth-order valence-electron chi connectivity index (χ4n) is 3.89. The van der Waals surface area contributed by atoms with E-state index in [9.17, 15) is 5.11 Å². The van der Waals surface area contributed by atoms with Gasteiger partial charge in [-0.25, -0.2) is 4.98 Å². The number of halogens is 1. The Morgan fingerprint density at radius 3 is 2.58 bits per heavy atom. The van der Waals surface area contributed by atoms with E-state index >= 15 is 0 Å². The fraction of sp³-hybridized carbons (Fsp3) is 0.190. The van der Waals surface area contributed by atoms with Crippen LogP contribution in [0.5, 0.6) is 0 Å². The summed E-state index contributed by atoms with van der Waals surface area (Å²) < 4.78 is 0. The van der Waals surface area contributed by atoms with Crippen LogP contribution in [0.4, 0.5) is 0 Å². The summed E-state index contributed by atoms with van der Waals surface area (Å²) in [5.74, 6) is 0. The molecule has 2 atom stereocenters. The zero-order valence-electron chi connectivity index (χ0n) is 13.0. The molecule has 0 amide bonds. The van der Waals surface area contributed by atoms with Crippen LogP contribution in [-0.2, 0) is 6.42 Å². The van der Waals surface area contributed by atoms with Gasteiger partial charge < -0.3 is 5.11 Å². The van der Waals surface area contributed by atoms with Gasteiger partial charge in [0.2, 0.25) is 0 Å². The largest absolute Gasteiger partial charge is 0.387 e. The van der Waals surface area contributed by atoms with Crippen LogP contribution < -0.4 is 0 Å². The van der Waals surface area contributed by atoms with Crippen molar-refractivity contribution in [1.82, 2.24) is 4.98 Å². The fourth-order valence-corrected chi connectivity index (χ4v) is 4.40. The highest BCUT2D eigenvalue weighted by molar-refractivity contribution is 9.09. The Labute approximate surface area is 148 Å². The Morgan fingerprint density at radius 1 is 0.917 bits per heavy atom. The van der Waals surface area contributed by atoms with Crippen molar-refractivity contribution in [2.75, 3.05) is 0 Å². The van der Waals surface area contributed by atoms with Gasteiger partial charge in [0.25, 0.3) is 0 Å². The summed E-state index contributed by atoms with van der Waals surface area (Å²) in [5.41, 5.74) is 4.30. The first-order valence-electron chi connectivity index (χ1n) is 8.28. The molecule has 0 aliphatic heterocycles. The second-order valence-electron chi connectivity index (χ2n) is 6.55. The molecule has 0 spiro atoms. The van der Waals surface area contributed by atoms with Crippen LogP contribution in [-0.4, -0.2) is 14.9 Å². The van der Waals surface area contributed by atoms with Gasteiger partial charge in [0.15, 0.2) is 0 Å². The molecule has 1 aliphatic rings. The summed E-state index contributed by atoms with van der Waals surface area (Å²) in [6.07, 6.45) is 1.43. The molecule has 0 radical (unpaired) electrons. The summed E-state index contributed by atoms with van der Waals surface area (Å²) in [5, 5.41) is 15.2. The molecule has 1 N–H and O–H groups in total. The molecule has 24 heavy (non-hydrogen) atoms. The van der Waals surface area contributed by atoms with Gasteiger partial charge in [-0.05, 0) is 35.4 Å². The Morgan fingerprint density at radius 2 is 1.67 bits per heavy atom. The number of hydrogen-bond acceptors (Lipinski definition) is 2. The lowest BCUT2D eigenvalue weighted by molar-refractivity contribution is 0.166. The molecule has 5 rings (SSSR count). The molecule has 1 heterocycles. The molecule has 1 aromatic heterocycles. The summed E-state index contributed by atoms with van der Waals surface area (Å²) in [6, 6.07) is 19.0. The summed E-state index contributed by atoms with van der Waals surface area (Å²) in [7, 11) is 0. The lowest BCUT2D eigenvalue weighted by Gasteiger charge is -2.27. The van der Waals surface area contributed by atoms with E-state index in [2.05, 4.69) is 70.5 Å². The van der Waals surface area contributed by atoms with E-state index in [1.165, 1.54) is 16.3 Å². The second kappa shape index (κ2) is 5.27. The molecule has 1 aliphatic carbocycles. The minimum Gasteiger partial charge on any atom is -0.387 e. The number of fused-ring (bicyclic) bond motifs is 6. The number of hydrogen-bond donors (Lipinski definition) is 1. The van der Waals surface area contributed by atoms with Crippen molar-refractivity contribution in [1.29, 1.82) is 0 Å². The Hall–Kier alpha value is -1.97. The molecular weight excluding hydrogens is 362 g/mol. The second-order valence-corrected chi connectivity index (χ2v) is 7.73. The average molecular weight is 378 g/mol. The molecule has 118 valence electrons. The first-order valence-corrected chi connectivity index (χ1v) is 9.20. The number of aliphatic hydroxyl groups excluding tert-OH is 1. The molecule has 0 unspecified atom stereocenters. The zero-order valence-corrected chi connectivity index (χ0v) is 14.6. The summed E-state index contributed by atoms with van der Waals surface area (Å²) in [4.78, 5) is 5.18. The van der Waals surface area contributed by atoms with Gasteiger partial charge in [0, 0.05) is 21.0 Å². The highest BCUT2D eigenvalue weighted by Gasteiger charge is 2.27. The molecule has 2 nitrogen and oxygen atoms in total. The van der Waals surface area contributed by atoms with Gasteiger partial charge in [-0.15, -0.1) is 0 Å². The van der Waals surface area contributed by atoms with E-state index in [0.29, 0.717) is 0 Å². The van der Waals surface area contributed by atoms with Gasteiger partial charge >= 0.3 is 0 Å². The topological polar surface area (TPSA) is 33.1 Å². The lowest BCUT2D eigenvalue weighted by Crippen LogP contribution is -2.20. The normalized spacial score (nSPS) is 20.6. The van der Waals surface area contributed by atoms with Crippen LogP contribution >= 0.6 is 15.9 Å². The van der Waals surface area contributed by atoms with Crippen molar-refractivity contribution in [2.45, 2.75) is 23.8 Å².